The third kappa shape index (κ3) is 4.04. The van der Waals surface area contributed by atoms with Crippen LogP contribution >= 0.6 is 11.6 Å². The molecule has 0 bridgehead atoms. The number of hydrogen-bond donors (Lipinski definition) is 3. The van der Waals surface area contributed by atoms with Crippen LogP contribution in [0.3, 0.4) is 0 Å². The lowest BCUT2D eigenvalue weighted by atomic mass is 9.96. The van der Waals surface area contributed by atoms with Crippen molar-refractivity contribution in [1.29, 1.82) is 0 Å². The van der Waals surface area contributed by atoms with Crippen LogP contribution in [0.2, 0.25) is 5.02 Å². The van der Waals surface area contributed by atoms with Gasteiger partial charge in [-0.1, -0.05) is 11.6 Å². The van der Waals surface area contributed by atoms with Gasteiger partial charge in [0.25, 0.3) is 5.91 Å². The molecule has 1 aromatic carbocycles. The topological polar surface area (TPSA) is 101 Å². The van der Waals surface area contributed by atoms with E-state index in [0.29, 0.717) is 6.42 Å². The summed E-state index contributed by atoms with van der Waals surface area (Å²) in [5.41, 5.74) is 0.337. The lowest BCUT2D eigenvalue weighted by Gasteiger charge is -2.28. The number of carbonyl (C=O) groups is 1. The first kappa shape index (κ1) is 21.1. The molecule has 11 heteroatoms. The van der Waals surface area contributed by atoms with E-state index in [4.69, 9.17) is 16.3 Å². The van der Waals surface area contributed by atoms with Crippen LogP contribution in [0.25, 0.3) is 0 Å². The molecule has 1 amide bonds. The molecule has 1 fully saturated rings. The molecule has 1 saturated heterocycles. The number of amides is 1. The monoisotopic (exact) mass is 456 g/mol. The number of hydrogen-bond acceptors (Lipinski definition) is 5. The van der Waals surface area contributed by atoms with Gasteiger partial charge in [0, 0.05) is 30.9 Å². The van der Waals surface area contributed by atoms with Gasteiger partial charge in [-0.3, -0.25) is 4.79 Å². The van der Waals surface area contributed by atoms with E-state index < -0.39 is 21.7 Å². The summed E-state index contributed by atoms with van der Waals surface area (Å²) in [6, 6.07) is 3.55. The third-order valence-corrected chi connectivity index (χ3v) is 7.20. The zero-order valence-corrected chi connectivity index (χ0v) is 17.8. The van der Waals surface area contributed by atoms with Gasteiger partial charge in [-0.05, 0) is 44.1 Å². The molecule has 8 nitrogen and oxygen atoms in total. The van der Waals surface area contributed by atoms with Crippen LogP contribution in [0.1, 0.15) is 23.3 Å². The molecule has 1 aromatic heterocycles. The molecule has 162 valence electrons. The van der Waals surface area contributed by atoms with E-state index in [-0.39, 0.29) is 45.6 Å². The third-order valence-electron chi connectivity index (χ3n) is 5.43. The molecule has 0 spiro atoms. The Labute approximate surface area is 178 Å². The predicted octanol–water partition coefficient (Wildman–Crippen LogP) is 2.11. The number of nitrogens with zero attached hydrogens (tertiary/aromatic N) is 1. The lowest BCUT2D eigenvalue weighted by molar-refractivity contribution is 0.101. The fraction of sp³-hybridized carbons (Fsp3) is 0.421. The number of rotatable bonds is 2. The number of halogens is 2. The number of nitrogens with one attached hydrogen (secondary N) is 3. The summed E-state index contributed by atoms with van der Waals surface area (Å²) < 4.78 is 49.6. The maximum atomic E-state index is 13.4. The average molecular weight is 457 g/mol. The minimum atomic E-state index is -3.88. The highest BCUT2D eigenvalue weighted by molar-refractivity contribution is 7.89. The van der Waals surface area contributed by atoms with Gasteiger partial charge in [0.15, 0.2) is 11.4 Å². The Kier molecular flexibility index (Phi) is 5.75. The zero-order chi connectivity index (χ0) is 21.5. The van der Waals surface area contributed by atoms with Gasteiger partial charge in [0.1, 0.15) is 10.7 Å². The predicted molar refractivity (Wildman–Crippen MR) is 110 cm³/mol. The summed E-state index contributed by atoms with van der Waals surface area (Å²) in [5.74, 6) is -1.20. The first-order valence-electron chi connectivity index (χ1n) is 9.58. The zero-order valence-electron chi connectivity index (χ0n) is 16.2. The molecule has 30 heavy (non-hydrogen) atoms. The summed E-state index contributed by atoms with van der Waals surface area (Å²) in [7, 11) is -2.32. The van der Waals surface area contributed by atoms with Crippen molar-refractivity contribution < 1.29 is 22.3 Å². The van der Waals surface area contributed by atoms with Crippen LogP contribution in [0.4, 0.5) is 10.1 Å². The number of fused-ring (bicyclic) bond motifs is 2. The Hall–Kier alpha value is -2.14. The maximum absolute atomic E-state index is 13.4. The second-order valence-electron chi connectivity index (χ2n) is 7.49. The van der Waals surface area contributed by atoms with Gasteiger partial charge >= 0.3 is 0 Å². The molecule has 0 saturated carbocycles. The fourth-order valence-corrected chi connectivity index (χ4v) is 5.56. The Morgan fingerprint density at radius 1 is 1.33 bits per heavy atom. The first-order chi connectivity index (χ1) is 14.3. The van der Waals surface area contributed by atoms with Gasteiger partial charge in [-0.2, -0.15) is 0 Å². The van der Waals surface area contributed by atoms with Gasteiger partial charge in [0.2, 0.25) is 10.0 Å². The van der Waals surface area contributed by atoms with Crippen molar-refractivity contribution >= 4 is 33.2 Å². The molecule has 0 aliphatic carbocycles. The van der Waals surface area contributed by atoms with Crippen LogP contribution in [0, 0.1) is 11.7 Å². The SMILES string of the molecule is Cn1cc2c(c1C(=O)Nc1ccc(F)c(Cl)c1)OCC1CCNCCC1NS2(=O)=O. The van der Waals surface area contributed by atoms with Crippen LogP contribution in [0.5, 0.6) is 5.75 Å². The van der Waals surface area contributed by atoms with Crippen LogP contribution < -0.4 is 20.1 Å². The molecule has 4 rings (SSSR count). The maximum Gasteiger partial charge on any atom is 0.276 e. The van der Waals surface area contributed by atoms with Crippen molar-refractivity contribution in [1.82, 2.24) is 14.6 Å². The number of aromatic nitrogens is 1. The second-order valence-corrected chi connectivity index (χ2v) is 9.58. The summed E-state index contributed by atoms with van der Waals surface area (Å²) in [6.45, 7) is 1.78. The highest BCUT2D eigenvalue weighted by Gasteiger charge is 2.37. The number of ether oxygens (including phenoxy) is 1. The van der Waals surface area contributed by atoms with E-state index >= 15 is 0 Å². The van der Waals surface area contributed by atoms with Crippen LogP contribution in [-0.4, -0.2) is 44.6 Å². The Morgan fingerprint density at radius 3 is 2.87 bits per heavy atom. The molecular formula is C19H22ClFN4O4S. The molecule has 2 atom stereocenters. The van der Waals surface area contributed by atoms with Crippen LogP contribution in [0.15, 0.2) is 29.3 Å². The van der Waals surface area contributed by atoms with Gasteiger partial charge in [0.05, 0.1) is 11.6 Å². The van der Waals surface area contributed by atoms with Gasteiger partial charge in [-0.15, -0.1) is 0 Å². The number of benzene rings is 1. The van der Waals surface area contributed by atoms with Crippen molar-refractivity contribution in [3.8, 4) is 5.75 Å². The first-order valence-corrected chi connectivity index (χ1v) is 11.4. The Balaban J connectivity index is 1.68. The van der Waals surface area contributed by atoms with E-state index in [1.54, 1.807) is 7.05 Å². The molecule has 2 aliphatic rings. The molecule has 3 N–H and O–H groups in total. The van der Waals surface area contributed by atoms with E-state index in [0.717, 1.165) is 25.6 Å². The van der Waals surface area contributed by atoms with Crippen molar-refractivity contribution in [3.63, 3.8) is 0 Å². The number of anilines is 1. The van der Waals surface area contributed by atoms with E-state index in [2.05, 4.69) is 15.4 Å². The van der Waals surface area contributed by atoms with Gasteiger partial charge in [-0.25, -0.2) is 17.5 Å². The smallest absolute Gasteiger partial charge is 0.276 e. The molecule has 2 aromatic rings. The quantitative estimate of drug-likeness (QED) is 0.642. The van der Waals surface area contributed by atoms with Crippen molar-refractivity contribution in [2.45, 2.75) is 23.8 Å². The summed E-state index contributed by atoms with van der Waals surface area (Å²) in [6.07, 6.45) is 2.78. The van der Waals surface area contributed by atoms with Gasteiger partial charge < -0.3 is 19.9 Å². The minimum Gasteiger partial charge on any atom is -0.489 e. The van der Waals surface area contributed by atoms with E-state index in [1.807, 2.05) is 0 Å². The normalized spacial score (nSPS) is 23.2. The molecule has 0 radical (unpaired) electrons. The summed E-state index contributed by atoms with van der Waals surface area (Å²) in [5, 5.41) is 5.75. The number of aryl methyl sites for hydroxylation is 1. The van der Waals surface area contributed by atoms with Crippen molar-refractivity contribution in [2.24, 2.45) is 13.0 Å². The van der Waals surface area contributed by atoms with E-state index in [1.165, 1.54) is 22.9 Å². The fourth-order valence-electron chi connectivity index (χ4n) is 3.85. The molecule has 2 aliphatic heterocycles. The molecule has 2 unspecified atom stereocenters. The Bertz CT molecular complexity index is 1090. The van der Waals surface area contributed by atoms with Crippen molar-refractivity contribution in [2.75, 3.05) is 25.0 Å². The lowest BCUT2D eigenvalue weighted by Crippen LogP contribution is -2.44. The largest absolute Gasteiger partial charge is 0.489 e. The summed E-state index contributed by atoms with van der Waals surface area (Å²) >= 11 is 5.78. The minimum absolute atomic E-state index is 0.00589. The summed E-state index contributed by atoms with van der Waals surface area (Å²) in [4.78, 5) is 12.9. The Morgan fingerprint density at radius 2 is 2.10 bits per heavy atom. The highest BCUT2D eigenvalue weighted by atomic mass is 35.5. The number of sulfonamides is 1. The van der Waals surface area contributed by atoms with E-state index in [9.17, 15) is 17.6 Å². The average Bonchev–Trinajstić information content (AvgIpc) is 2.87. The van der Waals surface area contributed by atoms with Crippen LogP contribution in [-0.2, 0) is 17.1 Å². The van der Waals surface area contributed by atoms with Crippen molar-refractivity contribution in [3.05, 3.63) is 40.9 Å². The molecule has 3 heterocycles. The second kappa shape index (κ2) is 8.18. The highest BCUT2D eigenvalue weighted by Crippen LogP contribution is 2.34. The number of carbonyl (C=O) groups excluding carboxylic acids is 1. The molecular weight excluding hydrogens is 435 g/mol. The standard InChI is InChI=1S/C19H22ClFN4O4S/c1-25-9-16-18(17(25)19(26)23-12-2-3-14(21)13(20)8-12)29-10-11-4-6-22-7-5-15(11)24-30(16,27)28/h2-3,8-9,11,15,22,24H,4-7,10H2,1H3,(H,23,26).